The zero-order valence-electron chi connectivity index (χ0n) is 6.64. The summed E-state index contributed by atoms with van der Waals surface area (Å²) in [5.74, 6) is -0.392. The summed E-state index contributed by atoms with van der Waals surface area (Å²) in [6.45, 7) is -0.397. The van der Waals surface area contributed by atoms with Crippen LogP contribution in [0.15, 0.2) is 23.2 Å². The average Bonchev–Trinajstić information content (AvgIpc) is 2.08. The maximum Gasteiger partial charge on any atom is 0.113 e. The summed E-state index contributed by atoms with van der Waals surface area (Å²) >= 11 is 0. The van der Waals surface area contributed by atoms with Gasteiger partial charge in [0.05, 0.1) is 19.3 Å². The standard InChI is InChI=1S/C8H11BO3/c9-7-1-5(3-10)8(12)6(2-7)4-11/h1-2,5,8,10-12H,3-4H2. The second-order valence-corrected chi connectivity index (χ2v) is 2.84. The maximum absolute atomic E-state index is 9.46. The van der Waals surface area contributed by atoms with Crippen molar-refractivity contribution in [2.45, 2.75) is 6.10 Å². The fraction of sp³-hybridized carbons (Fsp3) is 0.500. The highest BCUT2D eigenvalue weighted by Crippen LogP contribution is 2.21. The van der Waals surface area contributed by atoms with Gasteiger partial charge in [0, 0.05) is 5.92 Å². The van der Waals surface area contributed by atoms with Crippen molar-refractivity contribution in [1.82, 2.24) is 0 Å². The smallest absolute Gasteiger partial charge is 0.113 e. The van der Waals surface area contributed by atoms with Gasteiger partial charge in [0.25, 0.3) is 0 Å². The summed E-state index contributed by atoms with van der Waals surface area (Å²) in [6, 6.07) is 0. The van der Waals surface area contributed by atoms with Gasteiger partial charge in [-0.1, -0.05) is 17.6 Å². The number of hydrogen-bond acceptors (Lipinski definition) is 3. The van der Waals surface area contributed by atoms with Gasteiger partial charge in [0.15, 0.2) is 0 Å². The fourth-order valence-electron chi connectivity index (χ4n) is 1.25. The zero-order valence-corrected chi connectivity index (χ0v) is 6.64. The van der Waals surface area contributed by atoms with E-state index in [1.807, 2.05) is 0 Å². The third kappa shape index (κ3) is 1.77. The van der Waals surface area contributed by atoms with Gasteiger partial charge < -0.3 is 15.3 Å². The first kappa shape index (κ1) is 9.51. The minimum absolute atomic E-state index is 0.167. The van der Waals surface area contributed by atoms with Crippen molar-refractivity contribution < 1.29 is 15.3 Å². The SMILES string of the molecule is [B]C1=CC(CO)C(O)C(CO)=C1. The molecule has 0 aromatic carbocycles. The number of aliphatic hydroxyl groups is 3. The van der Waals surface area contributed by atoms with E-state index >= 15 is 0 Å². The largest absolute Gasteiger partial charge is 0.396 e. The Labute approximate surface area is 72.4 Å². The maximum atomic E-state index is 9.46. The van der Waals surface area contributed by atoms with Gasteiger partial charge in [0.1, 0.15) is 7.85 Å². The van der Waals surface area contributed by atoms with Gasteiger partial charge in [-0.05, 0) is 5.57 Å². The van der Waals surface area contributed by atoms with Crippen LogP contribution in [0.4, 0.5) is 0 Å². The Bertz CT molecular complexity index is 222. The lowest BCUT2D eigenvalue weighted by Gasteiger charge is -2.24. The molecule has 2 atom stereocenters. The molecular weight excluding hydrogens is 155 g/mol. The van der Waals surface area contributed by atoms with Crippen LogP contribution in [0.25, 0.3) is 0 Å². The van der Waals surface area contributed by atoms with E-state index in [-0.39, 0.29) is 13.2 Å². The molecule has 0 fully saturated rings. The molecule has 3 N–H and O–H groups in total. The van der Waals surface area contributed by atoms with E-state index in [1.54, 1.807) is 6.08 Å². The summed E-state index contributed by atoms with van der Waals surface area (Å²) in [7, 11) is 5.48. The van der Waals surface area contributed by atoms with Crippen LogP contribution in [-0.4, -0.2) is 42.5 Å². The van der Waals surface area contributed by atoms with Crippen molar-refractivity contribution in [2.24, 2.45) is 5.92 Å². The topological polar surface area (TPSA) is 60.7 Å². The van der Waals surface area contributed by atoms with Crippen LogP contribution in [0.2, 0.25) is 0 Å². The first-order valence-corrected chi connectivity index (χ1v) is 3.76. The summed E-state index contributed by atoms with van der Waals surface area (Å²) < 4.78 is 0. The number of aliphatic hydroxyl groups excluding tert-OH is 3. The van der Waals surface area contributed by atoms with Crippen molar-refractivity contribution >= 4 is 7.85 Å². The molecule has 64 valence electrons. The molecular formula is C8H11BO3. The number of allylic oxidation sites excluding steroid dienone is 2. The Balaban J connectivity index is 2.83. The van der Waals surface area contributed by atoms with E-state index in [4.69, 9.17) is 18.1 Å². The molecule has 0 amide bonds. The quantitative estimate of drug-likeness (QED) is 0.458. The first-order valence-electron chi connectivity index (χ1n) is 3.76. The Morgan fingerprint density at radius 3 is 2.58 bits per heavy atom. The highest BCUT2D eigenvalue weighted by atomic mass is 16.3. The van der Waals surface area contributed by atoms with Gasteiger partial charge in [0.2, 0.25) is 0 Å². The summed E-state index contributed by atoms with van der Waals surface area (Å²) in [6.07, 6.45) is 2.30. The first-order chi connectivity index (χ1) is 5.69. The van der Waals surface area contributed by atoms with Crippen molar-refractivity contribution in [3.8, 4) is 0 Å². The summed E-state index contributed by atoms with van der Waals surface area (Å²) in [5.41, 5.74) is 0.928. The monoisotopic (exact) mass is 166 g/mol. The van der Waals surface area contributed by atoms with Gasteiger partial charge in [-0.3, -0.25) is 0 Å². The summed E-state index contributed by atoms with van der Waals surface area (Å²) in [5, 5.41) is 27.1. The molecule has 0 saturated heterocycles. The van der Waals surface area contributed by atoms with Crippen LogP contribution >= 0.6 is 0 Å². The Morgan fingerprint density at radius 2 is 2.08 bits per heavy atom. The average molecular weight is 166 g/mol. The van der Waals surface area contributed by atoms with Crippen molar-refractivity contribution in [1.29, 1.82) is 0 Å². The zero-order chi connectivity index (χ0) is 9.14. The molecule has 0 heterocycles. The molecule has 0 aromatic heterocycles. The van der Waals surface area contributed by atoms with Crippen LogP contribution < -0.4 is 0 Å². The van der Waals surface area contributed by atoms with Crippen LogP contribution in [0.3, 0.4) is 0 Å². The molecule has 4 heteroatoms. The molecule has 0 spiro atoms. The van der Waals surface area contributed by atoms with Gasteiger partial charge in [-0.2, -0.15) is 0 Å². The Morgan fingerprint density at radius 1 is 1.42 bits per heavy atom. The van der Waals surface area contributed by atoms with Crippen molar-refractivity contribution in [3.05, 3.63) is 23.2 Å². The van der Waals surface area contributed by atoms with Gasteiger partial charge >= 0.3 is 0 Å². The predicted molar refractivity (Wildman–Crippen MR) is 45.6 cm³/mol. The third-order valence-electron chi connectivity index (χ3n) is 1.94. The van der Waals surface area contributed by atoms with Gasteiger partial charge in [-0.25, -0.2) is 0 Å². The normalized spacial score (nSPS) is 29.6. The fourth-order valence-corrected chi connectivity index (χ4v) is 1.25. The lowest BCUT2D eigenvalue weighted by molar-refractivity contribution is 0.106. The molecule has 0 bridgehead atoms. The second kappa shape index (κ2) is 3.89. The molecule has 1 aliphatic rings. The molecule has 1 aliphatic carbocycles. The third-order valence-corrected chi connectivity index (χ3v) is 1.94. The van der Waals surface area contributed by atoms with E-state index in [9.17, 15) is 5.11 Å². The predicted octanol–water partition coefficient (Wildman–Crippen LogP) is -1.06. The van der Waals surface area contributed by atoms with Crippen LogP contribution in [0, 0.1) is 5.92 Å². The number of hydrogen-bond donors (Lipinski definition) is 3. The molecule has 0 aromatic rings. The Hall–Kier alpha value is -0.575. The van der Waals surface area contributed by atoms with E-state index in [2.05, 4.69) is 0 Å². The van der Waals surface area contributed by atoms with Crippen LogP contribution in [-0.2, 0) is 0 Å². The minimum atomic E-state index is -0.813. The molecule has 2 radical (unpaired) electrons. The molecule has 1 rings (SSSR count). The molecule has 3 nitrogen and oxygen atoms in total. The van der Waals surface area contributed by atoms with Crippen molar-refractivity contribution in [2.75, 3.05) is 13.2 Å². The lowest BCUT2D eigenvalue weighted by atomic mass is 9.81. The molecule has 0 aliphatic heterocycles. The Kier molecular flexibility index (Phi) is 3.09. The highest BCUT2D eigenvalue weighted by Gasteiger charge is 2.22. The van der Waals surface area contributed by atoms with Crippen molar-refractivity contribution in [3.63, 3.8) is 0 Å². The van der Waals surface area contributed by atoms with Gasteiger partial charge in [-0.15, -0.1) is 0 Å². The van der Waals surface area contributed by atoms with E-state index in [1.165, 1.54) is 6.08 Å². The molecule has 0 saturated carbocycles. The molecule has 12 heavy (non-hydrogen) atoms. The van der Waals surface area contributed by atoms with Crippen LogP contribution in [0.1, 0.15) is 0 Å². The van der Waals surface area contributed by atoms with E-state index in [0.717, 1.165) is 0 Å². The van der Waals surface area contributed by atoms with Crippen LogP contribution in [0.5, 0.6) is 0 Å². The van der Waals surface area contributed by atoms with E-state index < -0.39 is 12.0 Å². The number of rotatable bonds is 2. The highest BCUT2D eigenvalue weighted by molar-refractivity contribution is 6.23. The molecule has 2 unspecified atom stereocenters. The minimum Gasteiger partial charge on any atom is -0.396 e. The summed E-state index contributed by atoms with van der Waals surface area (Å²) in [4.78, 5) is 0. The second-order valence-electron chi connectivity index (χ2n) is 2.84. The van der Waals surface area contributed by atoms with E-state index in [0.29, 0.717) is 11.0 Å². The lowest BCUT2D eigenvalue weighted by Crippen LogP contribution is -2.28.